The molecule has 5 heteroatoms. The van der Waals surface area contributed by atoms with Crippen LogP contribution in [-0.2, 0) is 9.59 Å². The van der Waals surface area contributed by atoms with E-state index in [1.807, 2.05) is 6.92 Å². The summed E-state index contributed by atoms with van der Waals surface area (Å²) in [5, 5.41) is 32.2. The van der Waals surface area contributed by atoms with Gasteiger partial charge in [0.25, 0.3) is 0 Å². The summed E-state index contributed by atoms with van der Waals surface area (Å²) in [4.78, 5) is 25.6. The Balaban J connectivity index is 1.93. The van der Waals surface area contributed by atoms with Crippen LogP contribution in [-0.4, -0.2) is 33.5 Å². The standard InChI is InChI=1S/C28H42O5/c1-7-9-20(30)22-23(31)18(24(32)27(4,5)25(22)33)12-10-17-11-13-21-26(2,3)14-8-15-28(21,6)19(17)16-29/h11,19,21,29,31-32H,7-10,12-16H2,1-6H3/t19-,21-,28+/m0/s1. The normalized spacial score (nSPS) is 31.4. The number of rotatable bonds is 7. The van der Waals surface area contributed by atoms with Gasteiger partial charge in [-0.15, -0.1) is 0 Å². The van der Waals surface area contributed by atoms with Crippen molar-refractivity contribution >= 4 is 11.6 Å². The molecule has 0 heterocycles. The van der Waals surface area contributed by atoms with Crippen LogP contribution in [0.5, 0.6) is 0 Å². The van der Waals surface area contributed by atoms with Crippen LogP contribution in [0, 0.1) is 28.1 Å². The summed E-state index contributed by atoms with van der Waals surface area (Å²) < 4.78 is 0. The van der Waals surface area contributed by atoms with E-state index < -0.39 is 11.2 Å². The van der Waals surface area contributed by atoms with E-state index in [1.165, 1.54) is 6.42 Å². The monoisotopic (exact) mass is 458 g/mol. The Hall–Kier alpha value is -1.88. The highest BCUT2D eigenvalue weighted by Crippen LogP contribution is 2.60. The lowest BCUT2D eigenvalue weighted by Crippen LogP contribution is -2.49. The molecule has 3 rings (SSSR count). The number of carbonyl (C=O) groups excluding carboxylic acids is 2. The van der Waals surface area contributed by atoms with Crippen LogP contribution in [0.2, 0.25) is 0 Å². The van der Waals surface area contributed by atoms with Gasteiger partial charge >= 0.3 is 0 Å². The lowest BCUT2D eigenvalue weighted by atomic mass is 9.48. The van der Waals surface area contributed by atoms with Gasteiger partial charge in [-0.1, -0.05) is 45.8 Å². The van der Waals surface area contributed by atoms with Gasteiger partial charge in [0.1, 0.15) is 17.1 Å². The fourth-order valence-corrected chi connectivity index (χ4v) is 6.89. The molecule has 1 saturated carbocycles. The van der Waals surface area contributed by atoms with Gasteiger partial charge in [0.15, 0.2) is 11.6 Å². The average Bonchev–Trinajstić information content (AvgIpc) is 2.72. The summed E-state index contributed by atoms with van der Waals surface area (Å²) in [6.07, 6.45) is 8.30. The van der Waals surface area contributed by atoms with E-state index in [4.69, 9.17) is 0 Å². The highest BCUT2D eigenvalue weighted by molar-refractivity contribution is 6.24. The van der Waals surface area contributed by atoms with Gasteiger partial charge in [0.05, 0.1) is 12.0 Å². The van der Waals surface area contributed by atoms with Crippen molar-refractivity contribution in [1.29, 1.82) is 0 Å². The molecule has 0 saturated heterocycles. The predicted molar refractivity (Wildman–Crippen MR) is 130 cm³/mol. The molecular weight excluding hydrogens is 416 g/mol. The third-order valence-corrected chi connectivity index (χ3v) is 8.93. The van der Waals surface area contributed by atoms with Crippen LogP contribution in [0.3, 0.4) is 0 Å². The zero-order valence-electron chi connectivity index (χ0n) is 21.3. The van der Waals surface area contributed by atoms with E-state index >= 15 is 0 Å². The zero-order valence-corrected chi connectivity index (χ0v) is 21.3. The smallest absolute Gasteiger partial charge is 0.183 e. The predicted octanol–water partition coefficient (Wildman–Crippen LogP) is 6.14. The zero-order chi connectivity index (χ0) is 24.8. The van der Waals surface area contributed by atoms with Crippen molar-refractivity contribution in [3.63, 3.8) is 0 Å². The lowest BCUT2D eigenvalue weighted by Gasteiger charge is -2.56. The summed E-state index contributed by atoms with van der Waals surface area (Å²) >= 11 is 0. The van der Waals surface area contributed by atoms with Crippen LogP contribution in [0.4, 0.5) is 0 Å². The number of hydrogen-bond acceptors (Lipinski definition) is 5. The molecule has 3 atom stereocenters. The molecule has 5 nitrogen and oxygen atoms in total. The number of fused-ring (bicyclic) bond motifs is 1. The number of Topliss-reactive ketones (excluding diaryl/α,β-unsaturated/α-hetero) is 2. The Bertz CT molecular complexity index is 917. The first kappa shape index (κ1) is 25.7. The molecule has 0 unspecified atom stereocenters. The van der Waals surface area contributed by atoms with E-state index in [0.29, 0.717) is 25.2 Å². The van der Waals surface area contributed by atoms with E-state index in [1.54, 1.807) is 13.8 Å². The first-order valence-corrected chi connectivity index (χ1v) is 12.6. The molecule has 0 aromatic rings. The molecule has 0 amide bonds. The quantitative estimate of drug-likeness (QED) is 0.315. The first-order chi connectivity index (χ1) is 15.3. The summed E-state index contributed by atoms with van der Waals surface area (Å²) in [5.74, 6) is -0.880. The van der Waals surface area contributed by atoms with Crippen LogP contribution in [0.1, 0.15) is 92.9 Å². The van der Waals surface area contributed by atoms with Crippen LogP contribution in [0.15, 0.2) is 34.3 Å². The van der Waals surface area contributed by atoms with E-state index in [9.17, 15) is 24.9 Å². The largest absolute Gasteiger partial charge is 0.511 e. The summed E-state index contributed by atoms with van der Waals surface area (Å²) in [6.45, 7) is 12.1. The molecule has 1 fully saturated rings. The van der Waals surface area contributed by atoms with Crippen molar-refractivity contribution in [2.24, 2.45) is 28.1 Å². The van der Waals surface area contributed by atoms with Crippen LogP contribution < -0.4 is 0 Å². The minimum atomic E-state index is -1.25. The number of hydrogen-bond donors (Lipinski definition) is 3. The second-order valence-electron chi connectivity index (χ2n) is 11.8. The maximum Gasteiger partial charge on any atom is 0.183 e. The third kappa shape index (κ3) is 4.22. The van der Waals surface area contributed by atoms with Gasteiger partial charge in [-0.25, -0.2) is 0 Å². The minimum absolute atomic E-state index is 0.0128. The molecule has 33 heavy (non-hydrogen) atoms. The molecule has 0 aromatic heterocycles. The van der Waals surface area contributed by atoms with Crippen molar-refractivity contribution in [3.8, 4) is 0 Å². The number of allylic oxidation sites excluding steroid dienone is 4. The first-order valence-electron chi connectivity index (χ1n) is 12.6. The van der Waals surface area contributed by atoms with E-state index in [0.717, 1.165) is 24.8 Å². The SMILES string of the molecule is CCCC(=O)C1=C(O)C(CCC2=CC[C@H]3C(C)(C)CCC[C@]3(C)[C@H]2CO)=C(O)C(C)(C)C1=O. The van der Waals surface area contributed by atoms with Gasteiger partial charge in [-0.3, -0.25) is 9.59 Å². The Morgan fingerprint density at radius 1 is 1.09 bits per heavy atom. The third-order valence-electron chi connectivity index (χ3n) is 8.93. The molecule has 3 aliphatic carbocycles. The Kier molecular flexibility index (Phi) is 7.06. The molecule has 0 spiro atoms. The highest BCUT2D eigenvalue weighted by Gasteiger charge is 2.52. The molecule has 184 valence electrons. The second-order valence-corrected chi connectivity index (χ2v) is 11.8. The molecule has 0 aliphatic heterocycles. The second kappa shape index (κ2) is 9.05. The van der Waals surface area contributed by atoms with Crippen molar-refractivity contribution < 1.29 is 24.9 Å². The lowest BCUT2D eigenvalue weighted by molar-refractivity contribution is -0.127. The van der Waals surface area contributed by atoms with Crippen molar-refractivity contribution in [2.45, 2.75) is 92.9 Å². The van der Waals surface area contributed by atoms with Gasteiger partial charge in [0.2, 0.25) is 0 Å². The van der Waals surface area contributed by atoms with Crippen molar-refractivity contribution in [3.05, 3.63) is 34.3 Å². The molecule has 0 aromatic carbocycles. The Morgan fingerprint density at radius 2 is 1.76 bits per heavy atom. The summed E-state index contributed by atoms with van der Waals surface area (Å²) in [5.41, 5.74) is 0.256. The van der Waals surface area contributed by atoms with Crippen molar-refractivity contribution in [2.75, 3.05) is 6.61 Å². The van der Waals surface area contributed by atoms with E-state index in [2.05, 4.69) is 26.8 Å². The van der Waals surface area contributed by atoms with Gasteiger partial charge in [0, 0.05) is 17.9 Å². The summed E-state index contributed by atoms with van der Waals surface area (Å²) in [7, 11) is 0. The van der Waals surface area contributed by atoms with Crippen molar-refractivity contribution in [1.82, 2.24) is 0 Å². The molecule has 0 radical (unpaired) electrons. The van der Waals surface area contributed by atoms with Gasteiger partial charge in [-0.05, 0) is 69.1 Å². The Morgan fingerprint density at radius 3 is 2.36 bits per heavy atom. The number of aliphatic hydroxyl groups excluding tert-OH is 3. The fourth-order valence-electron chi connectivity index (χ4n) is 6.89. The molecule has 0 bridgehead atoms. The van der Waals surface area contributed by atoms with E-state index in [-0.39, 0.29) is 58.2 Å². The number of carbonyl (C=O) groups is 2. The number of ketones is 2. The van der Waals surface area contributed by atoms with Crippen LogP contribution >= 0.6 is 0 Å². The molecular formula is C28H42O5. The molecule has 3 aliphatic rings. The van der Waals surface area contributed by atoms with Gasteiger partial charge in [-0.2, -0.15) is 0 Å². The summed E-state index contributed by atoms with van der Waals surface area (Å²) in [6, 6.07) is 0. The topological polar surface area (TPSA) is 94.8 Å². The van der Waals surface area contributed by atoms with Crippen LogP contribution in [0.25, 0.3) is 0 Å². The minimum Gasteiger partial charge on any atom is -0.511 e. The Labute approximate surface area is 198 Å². The van der Waals surface area contributed by atoms with Gasteiger partial charge < -0.3 is 15.3 Å². The highest BCUT2D eigenvalue weighted by atomic mass is 16.3. The maximum absolute atomic E-state index is 12.9. The molecule has 3 N–H and O–H groups in total. The fraction of sp³-hybridized carbons (Fsp3) is 0.714. The number of aliphatic hydroxyl groups is 3. The maximum atomic E-state index is 12.9. The average molecular weight is 459 g/mol.